The van der Waals surface area contributed by atoms with E-state index in [0.717, 1.165) is 6.20 Å². The molecule has 0 radical (unpaired) electrons. The molecule has 17 heavy (non-hydrogen) atoms. The van der Waals surface area contributed by atoms with Gasteiger partial charge in [-0.15, -0.1) is 0 Å². The Hall–Kier alpha value is -1.25. The first-order chi connectivity index (χ1) is 7.50. The summed E-state index contributed by atoms with van der Waals surface area (Å²) in [6.45, 7) is 0. The molecule has 94 valence electrons. The molecule has 0 unspecified atom stereocenters. The Morgan fingerprint density at radius 1 is 1.00 bits per heavy atom. The number of aliphatic hydroxyl groups is 1. The molecule has 1 aromatic rings. The molecular formula is C8H6BF6NO. The van der Waals surface area contributed by atoms with Crippen molar-refractivity contribution in [2.45, 2.75) is 18.0 Å². The molecule has 1 aromatic heterocycles. The largest absolute Gasteiger partial charge is 0.430 e. The van der Waals surface area contributed by atoms with E-state index in [-0.39, 0.29) is 5.46 Å². The van der Waals surface area contributed by atoms with Crippen LogP contribution in [0.25, 0.3) is 0 Å². The zero-order valence-electron chi connectivity index (χ0n) is 8.39. The normalized spacial score (nSPS) is 13.8. The molecule has 0 aliphatic rings. The first-order valence-electron chi connectivity index (χ1n) is 4.28. The molecule has 0 saturated carbocycles. The lowest BCUT2D eigenvalue weighted by Crippen LogP contribution is -2.54. The maximum absolute atomic E-state index is 12.4. The molecule has 0 bridgehead atoms. The molecule has 0 atom stereocenters. The van der Waals surface area contributed by atoms with E-state index >= 15 is 0 Å². The van der Waals surface area contributed by atoms with Crippen LogP contribution in [0, 0.1) is 0 Å². The molecule has 0 aliphatic heterocycles. The Labute approximate surface area is 92.7 Å². The lowest BCUT2D eigenvalue weighted by molar-refractivity contribution is -0.376. The van der Waals surface area contributed by atoms with E-state index in [1.54, 1.807) is 0 Å². The summed E-state index contributed by atoms with van der Waals surface area (Å²) in [5.74, 6) is 0. The van der Waals surface area contributed by atoms with Crippen molar-refractivity contribution in [3.05, 3.63) is 24.0 Å². The van der Waals surface area contributed by atoms with Gasteiger partial charge in [0.1, 0.15) is 7.85 Å². The standard InChI is InChI=1S/C8H6BF6NO/c9-5-1-4(2-16-3-5)6(17,7(10,11)12)8(13,14)15/h1-3,17H,9H2. The Morgan fingerprint density at radius 2 is 1.47 bits per heavy atom. The van der Waals surface area contributed by atoms with Gasteiger partial charge in [0, 0.05) is 18.0 Å². The Bertz CT molecular complexity index is 401. The van der Waals surface area contributed by atoms with E-state index in [9.17, 15) is 26.3 Å². The molecular weight excluding hydrogens is 251 g/mol. The van der Waals surface area contributed by atoms with E-state index in [1.807, 2.05) is 0 Å². The van der Waals surface area contributed by atoms with Crippen molar-refractivity contribution in [1.29, 1.82) is 0 Å². The minimum Gasteiger partial charge on any atom is -0.369 e. The summed E-state index contributed by atoms with van der Waals surface area (Å²) in [5, 5.41) is 8.99. The van der Waals surface area contributed by atoms with E-state index in [2.05, 4.69) is 4.98 Å². The molecule has 0 aromatic carbocycles. The molecule has 1 heterocycles. The summed E-state index contributed by atoms with van der Waals surface area (Å²) < 4.78 is 74.5. The molecule has 0 spiro atoms. The molecule has 2 nitrogen and oxygen atoms in total. The fourth-order valence-electron chi connectivity index (χ4n) is 1.24. The third kappa shape index (κ3) is 2.24. The number of halogens is 6. The number of pyridine rings is 1. The smallest absolute Gasteiger partial charge is 0.369 e. The van der Waals surface area contributed by atoms with Crippen molar-refractivity contribution in [3.8, 4) is 0 Å². The predicted molar refractivity (Wildman–Crippen MR) is 48.4 cm³/mol. The van der Waals surface area contributed by atoms with E-state index < -0.39 is 23.5 Å². The van der Waals surface area contributed by atoms with Gasteiger partial charge in [-0.05, 0) is 0 Å². The monoisotopic (exact) mass is 257 g/mol. The van der Waals surface area contributed by atoms with Crippen LogP contribution in [0.5, 0.6) is 0 Å². The quantitative estimate of drug-likeness (QED) is 0.592. The van der Waals surface area contributed by atoms with Crippen LogP contribution in [0.2, 0.25) is 0 Å². The van der Waals surface area contributed by atoms with Crippen LogP contribution >= 0.6 is 0 Å². The fraction of sp³-hybridized carbons (Fsp3) is 0.375. The van der Waals surface area contributed by atoms with E-state index in [1.165, 1.54) is 7.85 Å². The maximum atomic E-state index is 12.4. The lowest BCUT2D eigenvalue weighted by atomic mass is 9.89. The number of hydrogen-bond acceptors (Lipinski definition) is 2. The van der Waals surface area contributed by atoms with Crippen molar-refractivity contribution >= 4 is 13.3 Å². The molecule has 9 heteroatoms. The summed E-state index contributed by atoms with van der Waals surface area (Å²) in [6, 6.07) is 0.591. The second-order valence-corrected chi connectivity index (χ2v) is 3.46. The van der Waals surface area contributed by atoms with Crippen molar-refractivity contribution in [3.63, 3.8) is 0 Å². The van der Waals surface area contributed by atoms with Gasteiger partial charge in [0.15, 0.2) is 0 Å². The van der Waals surface area contributed by atoms with Gasteiger partial charge in [0.05, 0.1) is 0 Å². The molecule has 0 saturated heterocycles. The van der Waals surface area contributed by atoms with Gasteiger partial charge < -0.3 is 5.11 Å². The van der Waals surface area contributed by atoms with Gasteiger partial charge in [0.2, 0.25) is 0 Å². The van der Waals surface area contributed by atoms with Gasteiger partial charge in [-0.25, -0.2) is 0 Å². The van der Waals surface area contributed by atoms with Crippen LogP contribution in [0.3, 0.4) is 0 Å². The number of hydrogen-bond donors (Lipinski definition) is 1. The minimum absolute atomic E-state index is 0.0782. The zero-order chi connectivity index (χ0) is 13.5. The number of alkyl halides is 6. The van der Waals surface area contributed by atoms with Gasteiger partial charge in [0.25, 0.3) is 5.60 Å². The molecule has 1 rings (SSSR count). The third-order valence-electron chi connectivity index (χ3n) is 2.11. The van der Waals surface area contributed by atoms with Crippen LogP contribution in [-0.2, 0) is 5.60 Å². The summed E-state index contributed by atoms with van der Waals surface area (Å²) in [4.78, 5) is 3.22. The van der Waals surface area contributed by atoms with Crippen molar-refractivity contribution in [1.82, 2.24) is 4.98 Å². The number of nitrogens with zero attached hydrogens (tertiary/aromatic N) is 1. The topological polar surface area (TPSA) is 33.1 Å². The molecule has 1 N–H and O–H groups in total. The summed E-state index contributed by atoms with van der Waals surface area (Å²) in [7, 11) is 1.27. The van der Waals surface area contributed by atoms with Crippen molar-refractivity contribution in [2.24, 2.45) is 0 Å². The Morgan fingerprint density at radius 3 is 1.82 bits per heavy atom. The van der Waals surface area contributed by atoms with Crippen LogP contribution in [-0.4, -0.2) is 30.3 Å². The number of aromatic nitrogens is 1. The van der Waals surface area contributed by atoms with E-state index in [4.69, 9.17) is 5.11 Å². The Kier molecular flexibility index (Phi) is 3.17. The highest BCUT2D eigenvalue weighted by Gasteiger charge is 2.71. The highest BCUT2D eigenvalue weighted by atomic mass is 19.4. The van der Waals surface area contributed by atoms with Crippen LogP contribution < -0.4 is 5.46 Å². The summed E-state index contributed by atoms with van der Waals surface area (Å²) in [6.07, 6.45) is -10.3. The summed E-state index contributed by atoms with van der Waals surface area (Å²) in [5.41, 5.74) is -6.18. The molecule has 0 amide bonds. The lowest BCUT2D eigenvalue weighted by Gasteiger charge is -2.32. The second kappa shape index (κ2) is 3.90. The van der Waals surface area contributed by atoms with Crippen LogP contribution in [0.4, 0.5) is 26.3 Å². The highest BCUT2D eigenvalue weighted by Crippen LogP contribution is 2.49. The Balaban J connectivity index is 3.46. The maximum Gasteiger partial charge on any atom is 0.430 e. The third-order valence-corrected chi connectivity index (χ3v) is 2.11. The average molecular weight is 257 g/mol. The zero-order valence-corrected chi connectivity index (χ0v) is 8.39. The van der Waals surface area contributed by atoms with Gasteiger partial charge in [-0.2, -0.15) is 26.3 Å². The molecule has 0 aliphatic carbocycles. The van der Waals surface area contributed by atoms with Crippen molar-refractivity contribution in [2.75, 3.05) is 0 Å². The van der Waals surface area contributed by atoms with Gasteiger partial charge >= 0.3 is 12.4 Å². The fourth-order valence-corrected chi connectivity index (χ4v) is 1.24. The average Bonchev–Trinajstić information content (AvgIpc) is 2.12. The van der Waals surface area contributed by atoms with Gasteiger partial charge in [-0.3, -0.25) is 4.98 Å². The van der Waals surface area contributed by atoms with Crippen LogP contribution in [0.15, 0.2) is 18.5 Å². The summed E-state index contributed by atoms with van der Waals surface area (Å²) >= 11 is 0. The highest BCUT2D eigenvalue weighted by molar-refractivity contribution is 6.32. The first kappa shape index (κ1) is 13.8. The number of rotatable bonds is 1. The van der Waals surface area contributed by atoms with Crippen molar-refractivity contribution < 1.29 is 31.4 Å². The SMILES string of the molecule is Bc1cncc(C(O)(C(F)(F)F)C(F)(F)F)c1. The van der Waals surface area contributed by atoms with Crippen LogP contribution in [0.1, 0.15) is 5.56 Å². The van der Waals surface area contributed by atoms with Gasteiger partial charge in [-0.1, -0.05) is 11.5 Å². The molecule has 0 fully saturated rings. The van der Waals surface area contributed by atoms with E-state index in [0.29, 0.717) is 12.3 Å². The first-order valence-corrected chi connectivity index (χ1v) is 4.28. The minimum atomic E-state index is -5.87. The predicted octanol–water partition coefficient (Wildman–Crippen LogP) is 0.652. The second-order valence-electron chi connectivity index (χ2n) is 3.46.